The summed E-state index contributed by atoms with van der Waals surface area (Å²) in [6.07, 6.45) is 2.89. The molecule has 0 aliphatic carbocycles. The van der Waals surface area contributed by atoms with Gasteiger partial charge in [0.1, 0.15) is 6.04 Å². The number of benzene rings is 1. The van der Waals surface area contributed by atoms with Crippen LogP contribution in [0.25, 0.3) is 0 Å². The topological polar surface area (TPSA) is 64.0 Å². The summed E-state index contributed by atoms with van der Waals surface area (Å²) in [5.41, 5.74) is 1.66. The zero-order valence-corrected chi connectivity index (χ0v) is 12.7. The maximum atomic E-state index is 12.3. The smallest absolute Gasteiger partial charge is 0.268 e. The van der Waals surface area contributed by atoms with E-state index in [0.29, 0.717) is 6.42 Å². The van der Waals surface area contributed by atoms with E-state index in [0.717, 1.165) is 21.2 Å². The van der Waals surface area contributed by atoms with Crippen LogP contribution in [0.15, 0.2) is 41.3 Å². The number of carbonyl (C=O) groups is 1. The first-order valence-electron chi connectivity index (χ1n) is 6.28. The molecule has 1 amide bonds. The van der Waals surface area contributed by atoms with E-state index in [1.54, 1.807) is 6.20 Å². The van der Waals surface area contributed by atoms with Crippen molar-refractivity contribution in [3.05, 3.63) is 56.0 Å². The Morgan fingerprint density at radius 2 is 2.10 bits per heavy atom. The van der Waals surface area contributed by atoms with Crippen molar-refractivity contribution >= 4 is 34.2 Å². The number of carbonyl (C=O) groups excluding carboxylic acids is 1. The Hall–Kier alpha value is -1.70. The van der Waals surface area contributed by atoms with Crippen molar-refractivity contribution in [1.82, 2.24) is 9.78 Å². The molecule has 20 heavy (non-hydrogen) atoms. The number of halogens is 1. The molecular weight excluding hydrogens is 369 g/mol. The first-order valence-corrected chi connectivity index (χ1v) is 7.36. The summed E-state index contributed by atoms with van der Waals surface area (Å²) >= 11 is 2.03. The molecule has 1 aromatic carbocycles. The van der Waals surface area contributed by atoms with Gasteiger partial charge in [-0.15, -0.1) is 0 Å². The van der Waals surface area contributed by atoms with E-state index in [9.17, 15) is 9.59 Å². The minimum absolute atomic E-state index is 0.189. The Balaban J connectivity index is 1.97. The molecule has 0 radical (unpaired) electrons. The summed E-state index contributed by atoms with van der Waals surface area (Å²) in [7, 11) is 0. The molecule has 5 nitrogen and oxygen atoms in total. The third-order valence-corrected chi connectivity index (χ3v) is 3.94. The van der Waals surface area contributed by atoms with Gasteiger partial charge in [-0.2, -0.15) is 5.10 Å². The molecular formula is C14H12IN3O2. The number of hydrogen-bond acceptors (Lipinski definition) is 3. The molecule has 3 rings (SSSR count). The number of aromatic nitrogens is 2. The highest BCUT2D eigenvalue weighted by Crippen LogP contribution is 2.25. The maximum absolute atomic E-state index is 12.3. The van der Waals surface area contributed by atoms with Gasteiger partial charge in [0, 0.05) is 15.3 Å². The van der Waals surface area contributed by atoms with Crippen LogP contribution in [0.1, 0.15) is 18.0 Å². The third-order valence-electron chi connectivity index (χ3n) is 3.35. The van der Waals surface area contributed by atoms with Crippen molar-refractivity contribution < 1.29 is 4.79 Å². The van der Waals surface area contributed by atoms with Crippen LogP contribution in [0.3, 0.4) is 0 Å². The highest BCUT2D eigenvalue weighted by atomic mass is 127. The summed E-state index contributed by atoms with van der Waals surface area (Å²) in [6.45, 7) is 0. The first-order chi connectivity index (χ1) is 9.65. The number of nitrogens with zero attached hydrogens (tertiary/aromatic N) is 2. The largest absolute Gasteiger partial charge is 0.324 e. The number of fused-ring (bicyclic) bond motifs is 1. The van der Waals surface area contributed by atoms with Crippen molar-refractivity contribution in [1.29, 1.82) is 0 Å². The number of hydrogen-bond donors (Lipinski definition) is 1. The van der Waals surface area contributed by atoms with Gasteiger partial charge < -0.3 is 5.32 Å². The second-order valence-corrected chi connectivity index (χ2v) is 5.90. The Morgan fingerprint density at radius 3 is 2.90 bits per heavy atom. The van der Waals surface area contributed by atoms with Gasteiger partial charge in [-0.1, -0.05) is 18.2 Å². The van der Waals surface area contributed by atoms with E-state index in [2.05, 4.69) is 10.4 Å². The van der Waals surface area contributed by atoms with E-state index in [1.807, 2.05) is 46.9 Å². The van der Waals surface area contributed by atoms with E-state index >= 15 is 0 Å². The SMILES string of the molecule is O=C1Nc2ccccc2CCC1n1ncc(I)cc1=O. The minimum Gasteiger partial charge on any atom is -0.324 e. The lowest BCUT2D eigenvalue weighted by Gasteiger charge is -2.14. The lowest BCUT2D eigenvalue weighted by atomic mass is 10.1. The van der Waals surface area contributed by atoms with Gasteiger partial charge in [-0.3, -0.25) is 9.59 Å². The molecule has 1 aromatic heterocycles. The molecule has 0 bridgehead atoms. The quantitative estimate of drug-likeness (QED) is 0.769. The van der Waals surface area contributed by atoms with Crippen LogP contribution in [-0.4, -0.2) is 15.7 Å². The highest BCUT2D eigenvalue weighted by molar-refractivity contribution is 14.1. The number of anilines is 1. The second-order valence-electron chi connectivity index (χ2n) is 4.66. The highest BCUT2D eigenvalue weighted by Gasteiger charge is 2.26. The van der Waals surface area contributed by atoms with Crippen LogP contribution >= 0.6 is 22.6 Å². The van der Waals surface area contributed by atoms with Crippen LogP contribution in [0, 0.1) is 3.57 Å². The molecule has 0 saturated carbocycles. The lowest BCUT2D eigenvalue weighted by molar-refractivity contribution is -0.119. The predicted octanol–water partition coefficient (Wildman–Crippen LogP) is 1.97. The molecule has 1 atom stereocenters. The molecule has 0 saturated heterocycles. The molecule has 2 heterocycles. The Labute approximate surface area is 129 Å². The molecule has 0 spiro atoms. The van der Waals surface area contributed by atoms with Crippen molar-refractivity contribution in [2.45, 2.75) is 18.9 Å². The maximum Gasteiger partial charge on any atom is 0.268 e. The third kappa shape index (κ3) is 2.47. The van der Waals surface area contributed by atoms with E-state index in [4.69, 9.17) is 0 Å². The van der Waals surface area contributed by atoms with Gasteiger partial charge in [-0.05, 0) is 47.1 Å². The van der Waals surface area contributed by atoms with Gasteiger partial charge in [0.05, 0.1) is 6.20 Å². The second kappa shape index (κ2) is 5.35. The number of aryl methyl sites for hydroxylation is 1. The van der Waals surface area contributed by atoms with E-state index in [1.165, 1.54) is 10.7 Å². The Kier molecular flexibility index (Phi) is 3.56. The summed E-state index contributed by atoms with van der Waals surface area (Å²) in [5, 5.41) is 6.96. The van der Waals surface area contributed by atoms with Crippen LogP contribution in [0.2, 0.25) is 0 Å². The molecule has 6 heteroatoms. The zero-order chi connectivity index (χ0) is 14.1. The lowest BCUT2D eigenvalue weighted by Crippen LogP contribution is -2.34. The molecule has 2 aromatic rings. The minimum atomic E-state index is -0.563. The van der Waals surface area contributed by atoms with Crippen LogP contribution in [0.4, 0.5) is 5.69 Å². The molecule has 102 valence electrons. The summed E-state index contributed by atoms with van der Waals surface area (Å²) in [5.74, 6) is -0.189. The summed E-state index contributed by atoms with van der Waals surface area (Å²) in [6, 6.07) is 8.61. The summed E-state index contributed by atoms with van der Waals surface area (Å²) in [4.78, 5) is 24.3. The number of para-hydroxylation sites is 1. The van der Waals surface area contributed by atoms with Gasteiger partial charge >= 0.3 is 0 Å². The normalized spacial score (nSPS) is 18.1. The van der Waals surface area contributed by atoms with E-state index < -0.39 is 6.04 Å². The monoisotopic (exact) mass is 381 g/mol. The van der Waals surface area contributed by atoms with Gasteiger partial charge in [0.2, 0.25) is 5.91 Å². The standard InChI is InChI=1S/C14H12IN3O2/c15-10-7-13(19)18(16-8-10)12-6-5-9-3-1-2-4-11(9)17-14(12)20/h1-4,7-8,12H,5-6H2,(H,17,20). The van der Waals surface area contributed by atoms with Gasteiger partial charge in [0.25, 0.3) is 5.56 Å². The van der Waals surface area contributed by atoms with Gasteiger partial charge in [-0.25, -0.2) is 4.68 Å². The average molecular weight is 381 g/mol. The fourth-order valence-electron chi connectivity index (χ4n) is 2.36. The molecule has 1 unspecified atom stereocenters. The fourth-order valence-corrected chi connectivity index (χ4v) is 2.75. The number of nitrogens with one attached hydrogen (secondary N) is 1. The fraction of sp³-hybridized carbons (Fsp3) is 0.214. The molecule has 1 aliphatic heterocycles. The zero-order valence-electron chi connectivity index (χ0n) is 10.5. The summed E-state index contributed by atoms with van der Waals surface area (Å²) < 4.78 is 2.03. The molecule has 1 N–H and O–H groups in total. The number of amides is 1. The predicted molar refractivity (Wildman–Crippen MR) is 83.6 cm³/mol. The first kappa shape index (κ1) is 13.3. The van der Waals surface area contributed by atoms with Crippen LogP contribution in [-0.2, 0) is 11.2 Å². The van der Waals surface area contributed by atoms with Crippen molar-refractivity contribution in [3.8, 4) is 0 Å². The average Bonchev–Trinajstić information content (AvgIpc) is 2.58. The molecule has 1 aliphatic rings. The van der Waals surface area contributed by atoms with Crippen molar-refractivity contribution in [2.24, 2.45) is 0 Å². The van der Waals surface area contributed by atoms with Crippen LogP contribution in [0.5, 0.6) is 0 Å². The van der Waals surface area contributed by atoms with Crippen LogP contribution < -0.4 is 10.9 Å². The molecule has 0 fully saturated rings. The van der Waals surface area contributed by atoms with Crippen molar-refractivity contribution in [3.63, 3.8) is 0 Å². The van der Waals surface area contributed by atoms with E-state index in [-0.39, 0.29) is 11.5 Å². The number of rotatable bonds is 1. The van der Waals surface area contributed by atoms with Gasteiger partial charge in [0.15, 0.2) is 0 Å². The Morgan fingerprint density at radius 1 is 1.30 bits per heavy atom. The Bertz CT molecular complexity index is 726. The van der Waals surface area contributed by atoms with Crippen molar-refractivity contribution in [2.75, 3.05) is 5.32 Å².